The summed E-state index contributed by atoms with van der Waals surface area (Å²) in [7, 11) is 1.70. The lowest BCUT2D eigenvalue weighted by atomic mass is 9.81. The smallest absolute Gasteiger partial charge is 0.404 e. The summed E-state index contributed by atoms with van der Waals surface area (Å²) < 4.78 is 5.22. The summed E-state index contributed by atoms with van der Waals surface area (Å²) in [5.74, 6) is 0. The van der Waals surface area contributed by atoms with Gasteiger partial charge in [-0.25, -0.2) is 4.79 Å². The van der Waals surface area contributed by atoms with Crippen LogP contribution in [-0.4, -0.2) is 36.5 Å². The Bertz CT molecular complexity index is 200. The molecule has 1 fully saturated rings. The lowest BCUT2D eigenvalue weighted by Crippen LogP contribution is -2.52. The summed E-state index contributed by atoms with van der Waals surface area (Å²) in [6.45, 7) is 0.332. The van der Waals surface area contributed by atoms with Gasteiger partial charge in [-0.1, -0.05) is 0 Å². The van der Waals surface area contributed by atoms with E-state index in [9.17, 15) is 4.79 Å². The Morgan fingerprint density at radius 2 is 2.21 bits per heavy atom. The fourth-order valence-electron chi connectivity index (χ4n) is 1.83. The average molecular weight is 202 g/mol. The zero-order valence-electron chi connectivity index (χ0n) is 8.45. The van der Waals surface area contributed by atoms with Crippen LogP contribution in [0.3, 0.4) is 0 Å². The van der Waals surface area contributed by atoms with Gasteiger partial charge in [0.1, 0.15) is 0 Å². The topological polar surface area (TPSA) is 84.6 Å². The molecule has 0 saturated heterocycles. The Balaban J connectivity index is 2.33. The summed E-state index contributed by atoms with van der Waals surface area (Å²) in [5, 5.41) is 10.8. The Morgan fingerprint density at radius 3 is 2.64 bits per heavy atom. The minimum Gasteiger partial charge on any atom is -0.465 e. The monoisotopic (exact) mass is 202 g/mol. The van der Waals surface area contributed by atoms with Crippen LogP contribution in [0.25, 0.3) is 0 Å². The number of hydrogen-bond acceptors (Lipinski definition) is 3. The van der Waals surface area contributed by atoms with Gasteiger partial charge in [-0.2, -0.15) is 0 Å². The maximum absolute atomic E-state index is 10.3. The molecule has 0 unspecified atom stereocenters. The molecule has 0 radical (unpaired) electrons. The van der Waals surface area contributed by atoms with Crippen LogP contribution in [0, 0.1) is 0 Å². The molecular weight excluding hydrogens is 184 g/mol. The number of ether oxygens (including phenoxy) is 1. The number of carboxylic acid groups (broad SMARTS) is 1. The maximum Gasteiger partial charge on any atom is 0.404 e. The number of amides is 1. The average Bonchev–Trinajstić information content (AvgIpc) is 2.16. The van der Waals surface area contributed by atoms with E-state index >= 15 is 0 Å². The molecule has 0 aromatic rings. The third-order valence-electron chi connectivity index (χ3n) is 2.85. The predicted molar refractivity (Wildman–Crippen MR) is 52.2 cm³/mol. The number of hydrogen-bond donors (Lipinski definition) is 3. The highest BCUT2D eigenvalue weighted by molar-refractivity contribution is 5.64. The summed E-state index contributed by atoms with van der Waals surface area (Å²) >= 11 is 0. The van der Waals surface area contributed by atoms with Crippen LogP contribution >= 0.6 is 0 Å². The fourth-order valence-corrected chi connectivity index (χ4v) is 1.83. The predicted octanol–water partition coefficient (Wildman–Crippen LogP) is 0.541. The van der Waals surface area contributed by atoms with E-state index in [1.807, 2.05) is 0 Å². The van der Waals surface area contributed by atoms with E-state index in [1.54, 1.807) is 7.11 Å². The minimum atomic E-state index is -1.01. The van der Waals surface area contributed by atoms with E-state index in [1.165, 1.54) is 0 Å². The molecule has 14 heavy (non-hydrogen) atoms. The van der Waals surface area contributed by atoms with Crippen LogP contribution in [-0.2, 0) is 4.74 Å². The second-order valence-corrected chi connectivity index (χ2v) is 3.96. The molecule has 1 aliphatic carbocycles. The van der Waals surface area contributed by atoms with Crippen molar-refractivity contribution >= 4 is 6.09 Å². The van der Waals surface area contributed by atoms with Gasteiger partial charge in [0, 0.05) is 19.2 Å². The number of nitrogens with one attached hydrogen (secondary N) is 1. The molecule has 0 aromatic carbocycles. The van der Waals surface area contributed by atoms with Crippen molar-refractivity contribution in [2.45, 2.75) is 37.3 Å². The van der Waals surface area contributed by atoms with E-state index in [0.29, 0.717) is 6.54 Å². The molecule has 0 atom stereocenters. The second-order valence-electron chi connectivity index (χ2n) is 3.96. The molecule has 0 bridgehead atoms. The maximum atomic E-state index is 10.3. The van der Waals surface area contributed by atoms with Crippen LogP contribution < -0.4 is 11.1 Å². The molecule has 5 heteroatoms. The molecular formula is C9H18N2O3. The largest absolute Gasteiger partial charge is 0.465 e. The van der Waals surface area contributed by atoms with Gasteiger partial charge in [-0.3, -0.25) is 0 Å². The lowest BCUT2D eigenvalue weighted by Gasteiger charge is -2.36. The van der Waals surface area contributed by atoms with Gasteiger partial charge in [0.2, 0.25) is 0 Å². The molecule has 4 N–H and O–H groups in total. The van der Waals surface area contributed by atoms with Crippen molar-refractivity contribution in [3.8, 4) is 0 Å². The molecule has 0 aromatic heterocycles. The molecule has 0 spiro atoms. The lowest BCUT2D eigenvalue weighted by molar-refractivity contribution is 0.0499. The van der Waals surface area contributed by atoms with Gasteiger partial charge in [0.15, 0.2) is 0 Å². The summed E-state index contributed by atoms with van der Waals surface area (Å²) in [5.41, 5.74) is 5.66. The molecule has 5 nitrogen and oxygen atoms in total. The number of methoxy groups -OCH3 is 1. The first-order valence-electron chi connectivity index (χ1n) is 4.84. The SMILES string of the molecule is COC1CCC(N)(CNC(=O)O)CC1. The van der Waals surface area contributed by atoms with Crippen molar-refractivity contribution < 1.29 is 14.6 Å². The Hall–Kier alpha value is -0.810. The first-order valence-corrected chi connectivity index (χ1v) is 4.84. The molecule has 1 saturated carbocycles. The number of rotatable bonds is 3. The van der Waals surface area contributed by atoms with E-state index in [2.05, 4.69) is 5.32 Å². The van der Waals surface area contributed by atoms with Crippen molar-refractivity contribution in [1.82, 2.24) is 5.32 Å². The fraction of sp³-hybridized carbons (Fsp3) is 0.889. The third-order valence-corrected chi connectivity index (χ3v) is 2.85. The minimum absolute atomic E-state index is 0.288. The zero-order chi connectivity index (χ0) is 10.6. The summed E-state index contributed by atoms with van der Waals surface area (Å²) in [6, 6.07) is 0. The molecule has 82 valence electrons. The number of nitrogens with two attached hydrogens (primary N) is 1. The Labute approximate surface area is 83.6 Å². The van der Waals surface area contributed by atoms with Crippen LogP contribution in [0.4, 0.5) is 4.79 Å². The normalized spacial score (nSPS) is 32.6. The van der Waals surface area contributed by atoms with Gasteiger partial charge >= 0.3 is 6.09 Å². The van der Waals surface area contributed by atoms with E-state index < -0.39 is 6.09 Å². The molecule has 1 amide bonds. The van der Waals surface area contributed by atoms with Crippen LogP contribution in [0.5, 0.6) is 0 Å². The summed E-state index contributed by atoms with van der Waals surface area (Å²) in [6.07, 6.45) is 2.72. The van der Waals surface area contributed by atoms with Crippen molar-refractivity contribution in [1.29, 1.82) is 0 Å². The highest BCUT2D eigenvalue weighted by Crippen LogP contribution is 2.27. The first-order chi connectivity index (χ1) is 6.56. The quantitative estimate of drug-likeness (QED) is 0.623. The van der Waals surface area contributed by atoms with Crippen molar-refractivity contribution in [2.24, 2.45) is 5.73 Å². The van der Waals surface area contributed by atoms with Gasteiger partial charge in [-0.15, -0.1) is 0 Å². The van der Waals surface area contributed by atoms with E-state index in [-0.39, 0.29) is 11.6 Å². The summed E-state index contributed by atoms with van der Waals surface area (Å²) in [4.78, 5) is 10.3. The zero-order valence-corrected chi connectivity index (χ0v) is 8.45. The van der Waals surface area contributed by atoms with Gasteiger partial charge < -0.3 is 20.9 Å². The van der Waals surface area contributed by atoms with E-state index in [4.69, 9.17) is 15.6 Å². The van der Waals surface area contributed by atoms with Crippen molar-refractivity contribution in [3.05, 3.63) is 0 Å². The molecule has 1 rings (SSSR count). The second kappa shape index (κ2) is 4.61. The molecule has 0 aliphatic heterocycles. The highest BCUT2D eigenvalue weighted by atomic mass is 16.5. The van der Waals surface area contributed by atoms with E-state index in [0.717, 1.165) is 25.7 Å². The number of carbonyl (C=O) groups is 1. The van der Waals surface area contributed by atoms with Crippen molar-refractivity contribution in [2.75, 3.05) is 13.7 Å². The van der Waals surface area contributed by atoms with Crippen molar-refractivity contribution in [3.63, 3.8) is 0 Å². The van der Waals surface area contributed by atoms with Crippen LogP contribution in [0.15, 0.2) is 0 Å². The van der Waals surface area contributed by atoms with Gasteiger partial charge in [-0.05, 0) is 25.7 Å². The standard InChI is InChI=1S/C9H18N2O3/c1-14-7-2-4-9(10,5-3-7)6-11-8(12)13/h7,11H,2-6,10H2,1H3,(H,12,13). The van der Waals surface area contributed by atoms with Crippen LogP contribution in [0.1, 0.15) is 25.7 Å². The first kappa shape index (κ1) is 11.3. The third kappa shape index (κ3) is 3.16. The van der Waals surface area contributed by atoms with Gasteiger partial charge in [0.05, 0.1) is 6.10 Å². The molecule has 1 aliphatic rings. The highest BCUT2D eigenvalue weighted by Gasteiger charge is 2.31. The Morgan fingerprint density at radius 1 is 1.64 bits per heavy atom. The Kier molecular flexibility index (Phi) is 3.71. The van der Waals surface area contributed by atoms with Gasteiger partial charge in [0.25, 0.3) is 0 Å². The van der Waals surface area contributed by atoms with Crippen LogP contribution in [0.2, 0.25) is 0 Å². The molecule has 0 heterocycles.